The van der Waals surface area contributed by atoms with Crippen LogP contribution in [0.5, 0.6) is 5.88 Å². The van der Waals surface area contributed by atoms with Crippen LogP contribution in [0.2, 0.25) is 0 Å². The Morgan fingerprint density at radius 1 is 1.29 bits per heavy atom. The maximum atomic E-state index is 5.56. The Morgan fingerprint density at radius 3 is 2.65 bits per heavy atom. The Labute approximate surface area is 104 Å². The average Bonchev–Trinajstić information content (AvgIpc) is 2.28. The van der Waals surface area contributed by atoms with Crippen molar-refractivity contribution in [1.29, 1.82) is 0 Å². The number of nitrogens with one attached hydrogen (secondary N) is 1. The SMILES string of the molecule is CCNC(CC)Cc1cc(OC(C)C)ncn1. The van der Waals surface area contributed by atoms with Gasteiger partial charge < -0.3 is 10.1 Å². The molecule has 1 rings (SSSR count). The number of rotatable bonds is 7. The molecule has 4 nitrogen and oxygen atoms in total. The molecular weight excluding hydrogens is 214 g/mol. The maximum Gasteiger partial charge on any atom is 0.216 e. The quantitative estimate of drug-likeness (QED) is 0.789. The van der Waals surface area contributed by atoms with Crippen LogP contribution < -0.4 is 10.1 Å². The number of likely N-dealkylation sites (N-methyl/N-ethyl adjacent to an activating group) is 1. The van der Waals surface area contributed by atoms with E-state index in [0.29, 0.717) is 11.9 Å². The summed E-state index contributed by atoms with van der Waals surface area (Å²) >= 11 is 0. The smallest absolute Gasteiger partial charge is 0.216 e. The first-order chi connectivity index (χ1) is 8.15. The normalized spacial score (nSPS) is 12.8. The van der Waals surface area contributed by atoms with Crippen LogP contribution in [-0.2, 0) is 6.42 Å². The zero-order chi connectivity index (χ0) is 12.7. The summed E-state index contributed by atoms with van der Waals surface area (Å²) < 4.78 is 5.56. The molecule has 0 aliphatic carbocycles. The number of hydrogen-bond donors (Lipinski definition) is 1. The van der Waals surface area contributed by atoms with Crippen molar-refractivity contribution < 1.29 is 4.74 Å². The highest BCUT2D eigenvalue weighted by molar-refractivity contribution is 5.14. The third-order valence-electron chi connectivity index (χ3n) is 2.50. The molecule has 0 aliphatic heterocycles. The Morgan fingerprint density at radius 2 is 2.06 bits per heavy atom. The van der Waals surface area contributed by atoms with Crippen molar-refractivity contribution in [2.45, 2.75) is 52.7 Å². The van der Waals surface area contributed by atoms with Crippen molar-refractivity contribution in [2.24, 2.45) is 0 Å². The standard InChI is InChI=1S/C13H23N3O/c1-5-11(14-6-2)7-12-8-13(16-9-15-12)17-10(3)4/h8-11,14H,5-7H2,1-4H3. The Balaban J connectivity index is 2.63. The molecule has 0 aromatic carbocycles. The summed E-state index contributed by atoms with van der Waals surface area (Å²) in [5, 5.41) is 3.44. The molecule has 0 saturated carbocycles. The van der Waals surface area contributed by atoms with E-state index >= 15 is 0 Å². The van der Waals surface area contributed by atoms with E-state index in [-0.39, 0.29) is 6.10 Å². The monoisotopic (exact) mass is 237 g/mol. The van der Waals surface area contributed by atoms with Crippen molar-refractivity contribution in [1.82, 2.24) is 15.3 Å². The van der Waals surface area contributed by atoms with E-state index in [2.05, 4.69) is 29.1 Å². The first-order valence-corrected chi connectivity index (χ1v) is 6.36. The third kappa shape index (κ3) is 5.13. The molecule has 1 unspecified atom stereocenters. The van der Waals surface area contributed by atoms with Crippen molar-refractivity contribution in [3.63, 3.8) is 0 Å². The van der Waals surface area contributed by atoms with E-state index < -0.39 is 0 Å². The van der Waals surface area contributed by atoms with Gasteiger partial charge in [0.2, 0.25) is 5.88 Å². The van der Waals surface area contributed by atoms with Gasteiger partial charge in [0.1, 0.15) is 6.33 Å². The molecule has 96 valence electrons. The summed E-state index contributed by atoms with van der Waals surface area (Å²) in [5.41, 5.74) is 1.03. The van der Waals surface area contributed by atoms with Gasteiger partial charge in [0, 0.05) is 24.2 Å². The lowest BCUT2D eigenvalue weighted by molar-refractivity contribution is 0.232. The van der Waals surface area contributed by atoms with Gasteiger partial charge in [-0.1, -0.05) is 13.8 Å². The fourth-order valence-corrected chi connectivity index (χ4v) is 1.70. The molecule has 1 aromatic heterocycles. The van der Waals surface area contributed by atoms with Crippen LogP contribution >= 0.6 is 0 Å². The topological polar surface area (TPSA) is 47.0 Å². The molecule has 0 amide bonds. The van der Waals surface area contributed by atoms with Gasteiger partial charge in [-0.15, -0.1) is 0 Å². The van der Waals surface area contributed by atoms with Crippen LogP contribution in [0.4, 0.5) is 0 Å². The molecule has 0 radical (unpaired) electrons. The van der Waals surface area contributed by atoms with Crippen LogP contribution in [0.25, 0.3) is 0 Å². The number of ether oxygens (including phenoxy) is 1. The molecule has 0 aliphatic rings. The molecule has 0 spiro atoms. The van der Waals surface area contributed by atoms with Gasteiger partial charge in [-0.3, -0.25) is 0 Å². The molecule has 0 bridgehead atoms. The molecule has 1 atom stereocenters. The van der Waals surface area contributed by atoms with Crippen LogP contribution in [0.15, 0.2) is 12.4 Å². The van der Waals surface area contributed by atoms with Crippen molar-refractivity contribution >= 4 is 0 Å². The molecular formula is C13H23N3O. The number of nitrogens with zero attached hydrogens (tertiary/aromatic N) is 2. The van der Waals surface area contributed by atoms with E-state index in [1.165, 1.54) is 0 Å². The highest BCUT2D eigenvalue weighted by atomic mass is 16.5. The predicted molar refractivity (Wildman–Crippen MR) is 69.3 cm³/mol. The number of hydrogen-bond acceptors (Lipinski definition) is 4. The summed E-state index contributed by atoms with van der Waals surface area (Å²) in [5.74, 6) is 0.663. The summed E-state index contributed by atoms with van der Waals surface area (Å²) in [7, 11) is 0. The second kappa shape index (κ2) is 7.22. The Kier molecular flexibility index (Phi) is 5.91. The van der Waals surface area contributed by atoms with Gasteiger partial charge in [-0.2, -0.15) is 0 Å². The van der Waals surface area contributed by atoms with Gasteiger partial charge in [-0.25, -0.2) is 9.97 Å². The van der Waals surface area contributed by atoms with Crippen molar-refractivity contribution in [3.8, 4) is 5.88 Å². The molecule has 4 heteroatoms. The second-order valence-corrected chi connectivity index (χ2v) is 4.38. The molecule has 0 saturated heterocycles. The van der Waals surface area contributed by atoms with Gasteiger partial charge >= 0.3 is 0 Å². The summed E-state index contributed by atoms with van der Waals surface area (Å²) in [6, 6.07) is 2.40. The van der Waals surface area contributed by atoms with Gasteiger partial charge in [0.05, 0.1) is 6.10 Å². The first-order valence-electron chi connectivity index (χ1n) is 6.36. The zero-order valence-corrected chi connectivity index (χ0v) is 11.2. The summed E-state index contributed by atoms with van der Waals surface area (Å²) in [6.07, 6.45) is 3.74. The minimum atomic E-state index is 0.147. The van der Waals surface area contributed by atoms with E-state index in [1.54, 1.807) is 6.33 Å². The lowest BCUT2D eigenvalue weighted by atomic mass is 10.1. The third-order valence-corrected chi connectivity index (χ3v) is 2.50. The summed E-state index contributed by atoms with van der Waals surface area (Å²) in [4.78, 5) is 8.39. The minimum absolute atomic E-state index is 0.147. The van der Waals surface area contributed by atoms with E-state index in [4.69, 9.17) is 4.74 Å². The van der Waals surface area contributed by atoms with Crippen molar-refractivity contribution in [3.05, 3.63) is 18.1 Å². The van der Waals surface area contributed by atoms with Crippen LogP contribution in [0.3, 0.4) is 0 Å². The van der Waals surface area contributed by atoms with Crippen LogP contribution in [-0.4, -0.2) is 28.7 Å². The Hall–Kier alpha value is -1.16. The minimum Gasteiger partial charge on any atom is -0.475 e. The maximum absolute atomic E-state index is 5.56. The molecule has 1 aromatic rings. The van der Waals surface area contributed by atoms with Crippen LogP contribution in [0.1, 0.15) is 39.8 Å². The van der Waals surface area contributed by atoms with Crippen LogP contribution in [0, 0.1) is 0 Å². The van der Waals surface area contributed by atoms with E-state index in [9.17, 15) is 0 Å². The highest BCUT2D eigenvalue weighted by Crippen LogP contribution is 2.11. The fraction of sp³-hybridized carbons (Fsp3) is 0.692. The van der Waals surface area contributed by atoms with Gasteiger partial charge in [0.25, 0.3) is 0 Å². The van der Waals surface area contributed by atoms with Crippen molar-refractivity contribution in [2.75, 3.05) is 6.54 Å². The van der Waals surface area contributed by atoms with Gasteiger partial charge in [-0.05, 0) is 26.8 Å². The average molecular weight is 237 g/mol. The number of aromatic nitrogens is 2. The predicted octanol–water partition coefficient (Wildman–Crippen LogP) is 2.19. The lowest BCUT2D eigenvalue weighted by Crippen LogP contribution is -2.30. The van der Waals surface area contributed by atoms with E-state index in [1.807, 2.05) is 19.9 Å². The largest absolute Gasteiger partial charge is 0.475 e. The molecule has 0 fully saturated rings. The fourth-order valence-electron chi connectivity index (χ4n) is 1.70. The highest BCUT2D eigenvalue weighted by Gasteiger charge is 2.08. The zero-order valence-electron chi connectivity index (χ0n) is 11.2. The second-order valence-electron chi connectivity index (χ2n) is 4.38. The molecule has 17 heavy (non-hydrogen) atoms. The van der Waals surface area contributed by atoms with Gasteiger partial charge in [0.15, 0.2) is 0 Å². The lowest BCUT2D eigenvalue weighted by Gasteiger charge is -2.15. The Bertz CT molecular complexity index is 328. The first kappa shape index (κ1) is 13.9. The molecule has 1 N–H and O–H groups in total. The molecule has 1 heterocycles. The van der Waals surface area contributed by atoms with E-state index in [0.717, 1.165) is 25.1 Å². The summed E-state index contributed by atoms with van der Waals surface area (Å²) in [6.45, 7) is 9.28.